The minimum absolute atomic E-state index is 0.0977. The molecule has 2 nitrogen and oxygen atoms in total. The molecule has 17 heavy (non-hydrogen) atoms. The van der Waals surface area contributed by atoms with Gasteiger partial charge in [0.1, 0.15) is 5.78 Å². The van der Waals surface area contributed by atoms with Crippen LogP contribution in [0.1, 0.15) is 44.7 Å². The van der Waals surface area contributed by atoms with E-state index in [1.807, 2.05) is 12.1 Å². The summed E-state index contributed by atoms with van der Waals surface area (Å²) in [5, 5.41) is 0. The van der Waals surface area contributed by atoms with Crippen molar-refractivity contribution in [3.05, 3.63) is 35.4 Å². The van der Waals surface area contributed by atoms with Gasteiger partial charge in [-0.2, -0.15) is 0 Å². The maximum atomic E-state index is 11.7. The van der Waals surface area contributed by atoms with Crippen LogP contribution in [0.15, 0.2) is 24.3 Å². The second kappa shape index (κ2) is 5.97. The number of nitrogens with two attached hydrogens (primary N) is 1. The summed E-state index contributed by atoms with van der Waals surface area (Å²) in [6.45, 7) is 6.87. The second-order valence-electron chi connectivity index (χ2n) is 5.80. The Kier molecular flexibility index (Phi) is 4.88. The van der Waals surface area contributed by atoms with E-state index in [0.29, 0.717) is 25.2 Å². The van der Waals surface area contributed by atoms with Gasteiger partial charge in [0.15, 0.2) is 0 Å². The Hall–Kier alpha value is -1.15. The Morgan fingerprint density at radius 3 is 2.12 bits per heavy atom. The highest BCUT2D eigenvalue weighted by atomic mass is 16.1. The Labute approximate surface area is 104 Å². The first kappa shape index (κ1) is 13.9. The van der Waals surface area contributed by atoms with Crippen LogP contribution in [0.5, 0.6) is 0 Å². The molecular weight excluding hydrogens is 210 g/mol. The lowest BCUT2D eigenvalue weighted by molar-refractivity contribution is -0.120. The molecule has 0 saturated carbocycles. The molecule has 1 aromatic rings. The van der Waals surface area contributed by atoms with E-state index in [4.69, 9.17) is 5.73 Å². The van der Waals surface area contributed by atoms with E-state index < -0.39 is 0 Å². The van der Waals surface area contributed by atoms with Crippen LogP contribution in [0.4, 0.5) is 0 Å². The first-order valence-corrected chi connectivity index (χ1v) is 6.20. The van der Waals surface area contributed by atoms with Gasteiger partial charge in [-0.1, -0.05) is 45.0 Å². The van der Waals surface area contributed by atoms with Gasteiger partial charge in [-0.25, -0.2) is 0 Å². The average molecular weight is 233 g/mol. The number of Topliss-reactive ketones (excluding diaryl/α,β-unsaturated/α-hetero) is 1. The molecule has 0 spiro atoms. The lowest BCUT2D eigenvalue weighted by Crippen LogP contribution is -2.13. The fraction of sp³-hybridized carbons (Fsp3) is 0.533. The van der Waals surface area contributed by atoms with Gasteiger partial charge < -0.3 is 5.73 Å². The highest BCUT2D eigenvalue weighted by Gasteiger charge is 2.15. The second-order valence-corrected chi connectivity index (χ2v) is 5.80. The molecule has 2 heteroatoms. The van der Waals surface area contributed by atoms with Gasteiger partial charge in [0, 0.05) is 19.4 Å². The fourth-order valence-electron chi connectivity index (χ4n) is 1.81. The van der Waals surface area contributed by atoms with Crippen molar-refractivity contribution >= 4 is 5.78 Å². The molecule has 0 unspecified atom stereocenters. The summed E-state index contributed by atoms with van der Waals surface area (Å²) in [5.41, 5.74) is 7.98. The number of hydrogen-bond acceptors (Lipinski definition) is 2. The average Bonchev–Trinajstić information content (AvgIpc) is 2.25. The van der Waals surface area contributed by atoms with Crippen molar-refractivity contribution < 1.29 is 4.79 Å². The lowest BCUT2D eigenvalue weighted by atomic mass is 9.88. The van der Waals surface area contributed by atoms with Crippen LogP contribution in [-0.2, 0) is 17.8 Å². The standard InChI is InChI=1S/C15H23NO/c1-15(2,3)10-14(17)9-8-12-4-6-13(11-16)7-5-12/h4-7H,8-11,16H2,1-3H3. The topological polar surface area (TPSA) is 43.1 Å². The van der Waals surface area contributed by atoms with Gasteiger partial charge in [0.25, 0.3) is 0 Å². The number of rotatable bonds is 5. The number of ketones is 1. The number of carbonyl (C=O) groups is 1. The van der Waals surface area contributed by atoms with E-state index in [1.54, 1.807) is 0 Å². The monoisotopic (exact) mass is 233 g/mol. The van der Waals surface area contributed by atoms with Gasteiger partial charge in [-0.05, 0) is 23.0 Å². The quantitative estimate of drug-likeness (QED) is 0.849. The molecule has 0 atom stereocenters. The van der Waals surface area contributed by atoms with Crippen LogP contribution < -0.4 is 5.73 Å². The number of aryl methyl sites for hydroxylation is 1. The molecule has 0 fully saturated rings. The SMILES string of the molecule is CC(C)(C)CC(=O)CCc1ccc(CN)cc1. The number of carbonyl (C=O) groups excluding carboxylic acids is 1. The smallest absolute Gasteiger partial charge is 0.133 e. The van der Waals surface area contributed by atoms with E-state index in [2.05, 4.69) is 32.9 Å². The Bertz CT molecular complexity index is 360. The zero-order valence-electron chi connectivity index (χ0n) is 11.1. The van der Waals surface area contributed by atoms with Crippen LogP contribution in [0.2, 0.25) is 0 Å². The highest BCUT2D eigenvalue weighted by molar-refractivity contribution is 5.79. The maximum absolute atomic E-state index is 11.7. The van der Waals surface area contributed by atoms with E-state index in [1.165, 1.54) is 5.56 Å². The summed E-state index contributed by atoms with van der Waals surface area (Å²) in [4.78, 5) is 11.7. The van der Waals surface area contributed by atoms with E-state index >= 15 is 0 Å². The third-order valence-corrected chi connectivity index (χ3v) is 2.68. The molecule has 2 N–H and O–H groups in total. The molecule has 0 bridgehead atoms. The summed E-state index contributed by atoms with van der Waals surface area (Å²) in [6.07, 6.45) is 2.13. The van der Waals surface area contributed by atoms with Crippen LogP contribution in [0.25, 0.3) is 0 Å². The molecular formula is C15H23NO. The third-order valence-electron chi connectivity index (χ3n) is 2.68. The summed E-state index contributed by atoms with van der Waals surface area (Å²) in [6, 6.07) is 8.19. The first-order valence-electron chi connectivity index (χ1n) is 6.20. The molecule has 0 aliphatic rings. The van der Waals surface area contributed by atoms with Crippen molar-refractivity contribution in [2.24, 2.45) is 11.1 Å². The molecule has 0 aliphatic carbocycles. The maximum Gasteiger partial charge on any atom is 0.133 e. The molecule has 0 saturated heterocycles. The van der Waals surface area contributed by atoms with E-state index in [-0.39, 0.29) is 5.41 Å². The van der Waals surface area contributed by atoms with E-state index in [9.17, 15) is 4.79 Å². The van der Waals surface area contributed by atoms with Crippen LogP contribution in [0.3, 0.4) is 0 Å². The zero-order valence-corrected chi connectivity index (χ0v) is 11.1. The summed E-state index contributed by atoms with van der Waals surface area (Å²) in [7, 11) is 0. The number of benzene rings is 1. The summed E-state index contributed by atoms with van der Waals surface area (Å²) >= 11 is 0. The van der Waals surface area contributed by atoms with Crippen molar-refractivity contribution in [2.75, 3.05) is 0 Å². The summed E-state index contributed by atoms with van der Waals surface area (Å²) in [5.74, 6) is 0.348. The van der Waals surface area contributed by atoms with Crippen molar-refractivity contribution in [3.63, 3.8) is 0 Å². The van der Waals surface area contributed by atoms with E-state index in [0.717, 1.165) is 12.0 Å². The highest BCUT2D eigenvalue weighted by Crippen LogP contribution is 2.20. The van der Waals surface area contributed by atoms with Crippen molar-refractivity contribution in [1.29, 1.82) is 0 Å². The van der Waals surface area contributed by atoms with Crippen molar-refractivity contribution in [3.8, 4) is 0 Å². The molecule has 0 radical (unpaired) electrons. The first-order chi connectivity index (χ1) is 7.90. The molecule has 0 heterocycles. The predicted octanol–water partition coefficient (Wildman–Crippen LogP) is 3.08. The molecule has 0 amide bonds. The molecule has 1 aromatic carbocycles. The predicted molar refractivity (Wildman–Crippen MR) is 71.7 cm³/mol. The third kappa shape index (κ3) is 5.64. The molecule has 1 rings (SSSR count). The van der Waals surface area contributed by atoms with Gasteiger partial charge in [-0.3, -0.25) is 4.79 Å². The molecule has 0 aliphatic heterocycles. The van der Waals surface area contributed by atoms with Crippen LogP contribution in [-0.4, -0.2) is 5.78 Å². The zero-order chi connectivity index (χ0) is 12.9. The Morgan fingerprint density at radius 2 is 1.65 bits per heavy atom. The van der Waals surface area contributed by atoms with Gasteiger partial charge in [0.2, 0.25) is 0 Å². The van der Waals surface area contributed by atoms with Crippen molar-refractivity contribution in [1.82, 2.24) is 0 Å². The molecule has 0 aromatic heterocycles. The van der Waals surface area contributed by atoms with Gasteiger partial charge in [-0.15, -0.1) is 0 Å². The Balaban J connectivity index is 2.42. The van der Waals surface area contributed by atoms with Crippen molar-refractivity contribution in [2.45, 2.75) is 46.6 Å². The number of hydrogen-bond donors (Lipinski definition) is 1. The molecule has 94 valence electrons. The largest absolute Gasteiger partial charge is 0.326 e. The fourth-order valence-corrected chi connectivity index (χ4v) is 1.81. The minimum atomic E-state index is 0.0977. The van der Waals surface area contributed by atoms with Gasteiger partial charge >= 0.3 is 0 Å². The summed E-state index contributed by atoms with van der Waals surface area (Å²) < 4.78 is 0. The van der Waals surface area contributed by atoms with Crippen LogP contribution in [0, 0.1) is 5.41 Å². The van der Waals surface area contributed by atoms with Crippen LogP contribution >= 0.6 is 0 Å². The normalized spacial score (nSPS) is 11.5. The Morgan fingerprint density at radius 1 is 1.12 bits per heavy atom. The minimum Gasteiger partial charge on any atom is -0.326 e. The van der Waals surface area contributed by atoms with Gasteiger partial charge in [0.05, 0.1) is 0 Å². The lowest BCUT2D eigenvalue weighted by Gasteiger charge is -2.16.